The van der Waals surface area contributed by atoms with E-state index in [1.807, 2.05) is 42.3 Å². The minimum absolute atomic E-state index is 0.0531. The van der Waals surface area contributed by atoms with Crippen LogP contribution >= 0.6 is 0 Å². The Hall–Kier alpha value is -2.38. The molecule has 1 unspecified atom stereocenters. The molecule has 4 rings (SSSR count). The Bertz CT molecular complexity index is 854. The molecular formula is C23H33N5O2. The van der Waals surface area contributed by atoms with E-state index in [9.17, 15) is 10.2 Å². The normalized spacial score (nSPS) is 22.5. The smallest absolute Gasteiger partial charge is 0.225 e. The molecule has 1 aliphatic carbocycles. The summed E-state index contributed by atoms with van der Waals surface area (Å²) in [6, 6.07) is 9.97. The maximum absolute atomic E-state index is 11.0. The highest BCUT2D eigenvalue weighted by Gasteiger charge is 2.41. The molecule has 7 heteroatoms. The number of rotatable bonds is 5. The van der Waals surface area contributed by atoms with Crippen LogP contribution in [0, 0.1) is 5.41 Å². The topological polar surface area (TPSA) is 84.8 Å². The summed E-state index contributed by atoms with van der Waals surface area (Å²) in [5.41, 5.74) is 1.51. The van der Waals surface area contributed by atoms with Crippen molar-refractivity contribution >= 4 is 17.5 Å². The lowest BCUT2D eigenvalue weighted by atomic mass is 9.89. The molecular weight excluding hydrogens is 378 g/mol. The van der Waals surface area contributed by atoms with Gasteiger partial charge in [-0.15, -0.1) is 0 Å². The van der Waals surface area contributed by atoms with Gasteiger partial charge in [0.25, 0.3) is 0 Å². The molecule has 30 heavy (non-hydrogen) atoms. The van der Waals surface area contributed by atoms with Crippen molar-refractivity contribution in [3.63, 3.8) is 0 Å². The number of aliphatic hydroxyl groups excluding tert-OH is 2. The van der Waals surface area contributed by atoms with Crippen molar-refractivity contribution in [2.45, 2.75) is 57.8 Å². The van der Waals surface area contributed by atoms with E-state index in [0.717, 1.165) is 36.5 Å². The van der Waals surface area contributed by atoms with Crippen molar-refractivity contribution in [1.82, 2.24) is 9.97 Å². The van der Waals surface area contributed by atoms with Gasteiger partial charge >= 0.3 is 0 Å². The Kier molecular flexibility index (Phi) is 5.84. The summed E-state index contributed by atoms with van der Waals surface area (Å²) in [4.78, 5) is 13.7. The van der Waals surface area contributed by atoms with E-state index in [4.69, 9.17) is 4.98 Å². The number of nitrogens with zero attached hydrogens (tertiary/aromatic N) is 4. The summed E-state index contributed by atoms with van der Waals surface area (Å²) in [6.07, 6.45) is 5.91. The lowest BCUT2D eigenvalue weighted by Crippen LogP contribution is -2.48. The van der Waals surface area contributed by atoms with E-state index in [2.05, 4.69) is 29.0 Å². The van der Waals surface area contributed by atoms with Crippen LogP contribution in [0.1, 0.15) is 51.1 Å². The third-order valence-corrected chi connectivity index (χ3v) is 6.50. The molecule has 3 N–H and O–H groups in total. The standard InChI is InChI=1S/C23H33N5O2/c1-23(2)15-28(17-11-7-8-12-17)20-19(27(3)21(23)30)13-24-22(26-20)25-18(14-29)16-9-5-4-6-10-16/h4-6,9-10,13,17-18,21,29-30H,7-8,11-12,14-15H2,1-3H3,(H,24,25,26)/t18-,21?/m0/s1. The van der Waals surface area contributed by atoms with Crippen LogP contribution in [0.5, 0.6) is 0 Å². The lowest BCUT2D eigenvalue weighted by molar-refractivity contribution is 0.0574. The number of hydrogen-bond acceptors (Lipinski definition) is 7. The zero-order valence-electron chi connectivity index (χ0n) is 18.1. The zero-order chi connectivity index (χ0) is 21.3. The molecule has 1 aromatic heterocycles. The first-order valence-electron chi connectivity index (χ1n) is 10.9. The molecule has 1 aliphatic heterocycles. The van der Waals surface area contributed by atoms with Gasteiger partial charge in [-0.25, -0.2) is 4.98 Å². The number of aromatic nitrogens is 2. The second-order valence-electron chi connectivity index (χ2n) is 9.23. The van der Waals surface area contributed by atoms with E-state index < -0.39 is 6.23 Å². The Balaban J connectivity index is 1.70. The second kappa shape index (κ2) is 8.40. The Morgan fingerprint density at radius 1 is 1.20 bits per heavy atom. The predicted molar refractivity (Wildman–Crippen MR) is 120 cm³/mol. The van der Waals surface area contributed by atoms with E-state index in [1.165, 1.54) is 12.8 Å². The molecule has 0 radical (unpaired) electrons. The molecule has 0 amide bonds. The summed E-state index contributed by atoms with van der Waals surface area (Å²) in [7, 11) is 1.90. The van der Waals surface area contributed by atoms with Crippen molar-refractivity contribution < 1.29 is 10.2 Å². The van der Waals surface area contributed by atoms with Crippen molar-refractivity contribution in [2.75, 3.05) is 35.3 Å². The largest absolute Gasteiger partial charge is 0.394 e. The van der Waals surface area contributed by atoms with Crippen LogP contribution in [0.3, 0.4) is 0 Å². The molecule has 2 atom stereocenters. The van der Waals surface area contributed by atoms with Crippen LogP contribution in [-0.2, 0) is 0 Å². The van der Waals surface area contributed by atoms with Crippen molar-refractivity contribution in [2.24, 2.45) is 5.41 Å². The van der Waals surface area contributed by atoms with E-state index >= 15 is 0 Å². The highest BCUT2D eigenvalue weighted by atomic mass is 16.3. The molecule has 0 bridgehead atoms. The van der Waals surface area contributed by atoms with Crippen LogP contribution < -0.4 is 15.1 Å². The second-order valence-corrected chi connectivity index (χ2v) is 9.23. The maximum Gasteiger partial charge on any atom is 0.225 e. The first-order valence-corrected chi connectivity index (χ1v) is 10.9. The fourth-order valence-corrected chi connectivity index (χ4v) is 4.74. The summed E-state index contributed by atoms with van der Waals surface area (Å²) < 4.78 is 0. The number of benzene rings is 1. The van der Waals surface area contributed by atoms with Gasteiger partial charge in [-0.05, 0) is 18.4 Å². The van der Waals surface area contributed by atoms with E-state index in [1.54, 1.807) is 6.20 Å². The molecule has 1 aromatic carbocycles. The Labute approximate surface area is 178 Å². The van der Waals surface area contributed by atoms with E-state index in [0.29, 0.717) is 12.0 Å². The first kappa shape index (κ1) is 20.9. The first-order chi connectivity index (χ1) is 14.4. The number of aliphatic hydroxyl groups is 2. The van der Waals surface area contributed by atoms with Gasteiger partial charge in [-0.1, -0.05) is 57.0 Å². The van der Waals surface area contributed by atoms with Gasteiger partial charge in [0.15, 0.2) is 5.82 Å². The molecule has 2 aliphatic rings. The quantitative estimate of drug-likeness (QED) is 0.697. The Morgan fingerprint density at radius 3 is 2.57 bits per heavy atom. The number of hydrogen-bond donors (Lipinski definition) is 3. The summed E-state index contributed by atoms with van der Waals surface area (Å²) in [6.45, 7) is 4.88. The number of nitrogens with one attached hydrogen (secondary N) is 1. The summed E-state index contributed by atoms with van der Waals surface area (Å²) in [5, 5.41) is 24.2. The summed E-state index contributed by atoms with van der Waals surface area (Å²) in [5.74, 6) is 1.35. The average molecular weight is 412 g/mol. The molecule has 2 heterocycles. The minimum Gasteiger partial charge on any atom is -0.394 e. The van der Waals surface area contributed by atoms with Crippen molar-refractivity contribution in [3.8, 4) is 0 Å². The molecule has 0 saturated heterocycles. The van der Waals surface area contributed by atoms with Gasteiger partial charge in [0.05, 0.1) is 18.8 Å². The zero-order valence-corrected chi connectivity index (χ0v) is 18.1. The lowest BCUT2D eigenvalue weighted by Gasteiger charge is -2.37. The number of anilines is 3. The highest BCUT2D eigenvalue weighted by molar-refractivity contribution is 5.69. The monoisotopic (exact) mass is 411 g/mol. The summed E-state index contributed by atoms with van der Waals surface area (Å²) >= 11 is 0. The van der Waals surface area contributed by atoms with Crippen LogP contribution in [0.4, 0.5) is 17.5 Å². The molecule has 7 nitrogen and oxygen atoms in total. The molecule has 2 aromatic rings. The third kappa shape index (κ3) is 3.96. The van der Waals surface area contributed by atoms with Gasteiger partial charge in [0.2, 0.25) is 5.95 Å². The van der Waals surface area contributed by atoms with Gasteiger partial charge < -0.3 is 25.3 Å². The van der Waals surface area contributed by atoms with Gasteiger partial charge in [-0.3, -0.25) is 0 Å². The molecule has 162 valence electrons. The third-order valence-electron chi connectivity index (χ3n) is 6.50. The maximum atomic E-state index is 11.0. The highest BCUT2D eigenvalue weighted by Crippen LogP contribution is 2.41. The fraction of sp³-hybridized carbons (Fsp3) is 0.565. The van der Waals surface area contributed by atoms with Gasteiger partial charge in [0.1, 0.15) is 11.9 Å². The fourth-order valence-electron chi connectivity index (χ4n) is 4.74. The average Bonchev–Trinajstić information content (AvgIpc) is 3.28. The predicted octanol–water partition coefficient (Wildman–Crippen LogP) is 3.17. The number of fused-ring (bicyclic) bond motifs is 1. The molecule has 0 spiro atoms. The van der Waals surface area contributed by atoms with Gasteiger partial charge in [-0.2, -0.15) is 4.98 Å². The van der Waals surface area contributed by atoms with E-state index in [-0.39, 0.29) is 18.1 Å². The minimum atomic E-state index is -0.625. The molecule has 1 fully saturated rings. The van der Waals surface area contributed by atoms with Crippen LogP contribution in [0.25, 0.3) is 0 Å². The van der Waals surface area contributed by atoms with Crippen molar-refractivity contribution in [3.05, 3.63) is 42.1 Å². The van der Waals surface area contributed by atoms with Crippen LogP contribution in [0.15, 0.2) is 36.5 Å². The SMILES string of the molecule is CN1c2cnc(N[C@@H](CO)c3ccccc3)nc2N(C2CCCC2)CC(C)(C)C1O. The van der Waals surface area contributed by atoms with Gasteiger partial charge in [0, 0.05) is 25.0 Å². The molecule has 1 saturated carbocycles. The van der Waals surface area contributed by atoms with Crippen LogP contribution in [0.2, 0.25) is 0 Å². The van der Waals surface area contributed by atoms with Crippen molar-refractivity contribution in [1.29, 1.82) is 0 Å². The van der Waals surface area contributed by atoms with Crippen LogP contribution in [-0.4, -0.2) is 52.7 Å². The Morgan fingerprint density at radius 2 is 1.90 bits per heavy atom.